The third-order valence-corrected chi connectivity index (χ3v) is 5.56. The topological polar surface area (TPSA) is 98.6 Å². The van der Waals surface area contributed by atoms with E-state index in [0.29, 0.717) is 11.3 Å². The van der Waals surface area contributed by atoms with Crippen molar-refractivity contribution in [3.05, 3.63) is 75.6 Å². The van der Waals surface area contributed by atoms with E-state index in [1.165, 1.54) is 0 Å². The Hall–Kier alpha value is -3.37. The van der Waals surface area contributed by atoms with E-state index >= 15 is 0 Å². The van der Waals surface area contributed by atoms with Crippen LogP contribution in [0.25, 0.3) is 11.3 Å². The predicted molar refractivity (Wildman–Crippen MR) is 115 cm³/mol. The van der Waals surface area contributed by atoms with Gasteiger partial charge in [-0.15, -0.1) is 0 Å². The van der Waals surface area contributed by atoms with Crippen molar-refractivity contribution in [2.75, 3.05) is 5.32 Å². The van der Waals surface area contributed by atoms with Gasteiger partial charge in [0.15, 0.2) is 5.16 Å². The van der Waals surface area contributed by atoms with E-state index in [0.717, 1.165) is 28.6 Å². The number of carbonyl (C=O) groups is 1. The summed E-state index contributed by atoms with van der Waals surface area (Å²) >= 11 is 1.14. The summed E-state index contributed by atoms with van der Waals surface area (Å²) < 4.78 is 0. The fourth-order valence-electron chi connectivity index (χ4n) is 2.76. The highest BCUT2D eigenvalue weighted by molar-refractivity contribution is 8.00. The Labute approximate surface area is 173 Å². The van der Waals surface area contributed by atoms with Crippen LogP contribution in [0.3, 0.4) is 0 Å². The lowest BCUT2D eigenvalue weighted by atomic mass is 10.1. The molecule has 1 aromatic heterocycles. The van der Waals surface area contributed by atoms with Crippen LogP contribution in [-0.2, 0) is 4.79 Å². The van der Waals surface area contributed by atoms with Gasteiger partial charge >= 0.3 is 0 Å². The van der Waals surface area contributed by atoms with Crippen molar-refractivity contribution in [1.82, 2.24) is 9.97 Å². The molecule has 0 spiro atoms. The van der Waals surface area contributed by atoms with Crippen LogP contribution in [0.4, 0.5) is 5.69 Å². The van der Waals surface area contributed by atoms with E-state index in [1.54, 1.807) is 19.1 Å². The first kappa shape index (κ1) is 20.4. The maximum absolute atomic E-state index is 12.6. The van der Waals surface area contributed by atoms with Crippen LogP contribution in [0.5, 0.6) is 0 Å². The molecule has 0 aliphatic heterocycles. The second-order valence-corrected chi connectivity index (χ2v) is 7.90. The number of carbonyl (C=O) groups excluding carboxylic acids is 1. The summed E-state index contributed by atoms with van der Waals surface area (Å²) in [5.41, 5.74) is 3.27. The number of nitrogens with one attached hydrogen (secondary N) is 2. The van der Waals surface area contributed by atoms with E-state index in [9.17, 15) is 14.9 Å². The maximum atomic E-state index is 12.6. The van der Waals surface area contributed by atoms with Crippen molar-refractivity contribution in [3.63, 3.8) is 0 Å². The molecule has 3 rings (SSSR count). The molecule has 7 heteroatoms. The lowest BCUT2D eigenvalue weighted by Crippen LogP contribution is -2.24. The van der Waals surface area contributed by atoms with Gasteiger partial charge in [-0.05, 0) is 38.0 Å². The molecule has 6 nitrogen and oxygen atoms in total. The Morgan fingerprint density at radius 3 is 2.59 bits per heavy atom. The summed E-state index contributed by atoms with van der Waals surface area (Å²) in [6.45, 7) is 5.68. The molecule has 29 heavy (non-hydrogen) atoms. The number of aromatic nitrogens is 2. The zero-order valence-electron chi connectivity index (χ0n) is 16.3. The van der Waals surface area contributed by atoms with E-state index in [1.807, 2.05) is 56.3 Å². The number of aryl methyl sites for hydroxylation is 1. The number of nitriles is 1. The highest BCUT2D eigenvalue weighted by Crippen LogP contribution is 2.25. The standard InChI is InChI=1S/C22H20N4O2S/c1-13-8-7-11-18(14(13)2)24-20(27)15(3)29-22-25-19(16-9-5-4-6-10-16)17(12-23)21(28)26-22/h4-11,15H,1-3H3,(H,24,27)(H,25,26,28)/t15-/m0/s1. The minimum absolute atomic E-state index is 0.0481. The molecule has 0 bridgehead atoms. The van der Waals surface area contributed by atoms with Crippen molar-refractivity contribution in [2.24, 2.45) is 0 Å². The Balaban J connectivity index is 1.85. The van der Waals surface area contributed by atoms with E-state index < -0.39 is 10.8 Å². The molecule has 1 heterocycles. The molecule has 0 unspecified atom stereocenters. The molecule has 0 aliphatic carbocycles. The van der Waals surface area contributed by atoms with Crippen molar-refractivity contribution < 1.29 is 4.79 Å². The van der Waals surface area contributed by atoms with Gasteiger partial charge < -0.3 is 10.3 Å². The number of benzene rings is 2. The number of amides is 1. The fraction of sp³-hybridized carbons (Fsp3) is 0.182. The molecule has 146 valence electrons. The van der Waals surface area contributed by atoms with Gasteiger partial charge in [0.25, 0.3) is 5.56 Å². The third kappa shape index (κ3) is 4.55. The Morgan fingerprint density at radius 2 is 1.90 bits per heavy atom. The summed E-state index contributed by atoms with van der Waals surface area (Å²) in [6, 6.07) is 16.7. The van der Waals surface area contributed by atoms with Gasteiger partial charge in [-0.3, -0.25) is 9.59 Å². The number of anilines is 1. The molecule has 3 aromatic rings. The van der Waals surface area contributed by atoms with Gasteiger partial charge in [0, 0.05) is 11.3 Å². The first-order valence-corrected chi connectivity index (χ1v) is 9.92. The molecule has 2 aromatic carbocycles. The second-order valence-electron chi connectivity index (χ2n) is 6.57. The number of thioether (sulfide) groups is 1. The molecule has 0 saturated carbocycles. The molecule has 0 fully saturated rings. The smallest absolute Gasteiger partial charge is 0.270 e. The molecule has 0 saturated heterocycles. The Morgan fingerprint density at radius 1 is 1.17 bits per heavy atom. The second kappa shape index (κ2) is 8.76. The Bertz CT molecular complexity index is 1150. The summed E-state index contributed by atoms with van der Waals surface area (Å²) in [5.74, 6) is -0.197. The van der Waals surface area contributed by atoms with Gasteiger partial charge in [0.2, 0.25) is 5.91 Å². The quantitative estimate of drug-likeness (QED) is 0.494. The van der Waals surface area contributed by atoms with Gasteiger partial charge in [0.05, 0.1) is 10.9 Å². The number of hydrogen-bond donors (Lipinski definition) is 2. The average molecular weight is 404 g/mol. The number of aromatic amines is 1. The van der Waals surface area contributed by atoms with Crippen LogP contribution in [0.15, 0.2) is 58.5 Å². The molecule has 2 N–H and O–H groups in total. The number of nitrogens with zero attached hydrogens (tertiary/aromatic N) is 2. The van der Waals surface area contributed by atoms with Gasteiger partial charge in [-0.25, -0.2) is 4.98 Å². The van der Waals surface area contributed by atoms with Crippen molar-refractivity contribution in [3.8, 4) is 17.3 Å². The van der Waals surface area contributed by atoms with E-state index in [2.05, 4.69) is 15.3 Å². The third-order valence-electron chi connectivity index (χ3n) is 4.58. The van der Waals surface area contributed by atoms with Gasteiger partial charge in [-0.2, -0.15) is 5.26 Å². The summed E-state index contributed by atoms with van der Waals surface area (Å²) in [4.78, 5) is 32.0. The highest BCUT2D eigenvalue weighted by Gasteiger charge is 2.19. The maximum Gasteiger partial charge on any atom is 0.270 e. The SMILES string of the molecule is Cc1cccc(NC(=O)[C@H](C)Sc2nc(-c3ccccc3)c(C#N)c(=O)[nH]2)c1C. The zero-order chi connectivity index (χ0) is 21.0. The predicted octanol–water partition coefficient (Wildman–Crippen LogP) is 4.04. The normalized spacial score (nSPS) is 11.5. The lowest BCUT2D eigenvalue weighted by molar-refractivity contribution is -0.115. The Kier molecular flexibility index (Phi) is 6.15. The van der Waals surface area contributed by atoms with Crippen molar-refractivity contribution >= 4 is 23.4 Å². The lowest BCUT2D eigenvalue weighted by Gasteiger charge is -2.14. The van der Waals surface area contributed by atoms with E-state index in [-0.39, 0.29) is 16.6 Å². The first-order chi connectivity index (χ1) is 13.9. The zero-order valence-corrected chi connectivity index (χ0v) is 17.1. The summed E-state index contributed by atoms with van der Waals surface area (Å²) in [7, 11) is 0. The average Bonchev–Trinajstić information content (AvgIpc) is 2.71. The molecular formula is C22H20N4O2S. The van der Waals surface area contributed by atoms with Crippen LogP contribution in [0.1, 0.15) is 23.6 Å². The largest absolute Gasteiger partial charge is 0.325 e. The minimum atomic E-state index is -0.522. The number of H-pyrrole nitrogens is 1. The van der Waals surface area contributed by atoms with Crippen LogP contribution >= 0.6 is 11.8 Å². The van der Waals surface area contributed by atoms with Crippen LogP contribution in [0, 0.1) is 25.2 Å². The molecule has 1 amide bonds. The van der Waals surface area contributed by atoms with Crippen molar-refractivity contribution in [2.45, 2.75) is 31.2 Å². The first-order valence-electron chi connectivity index (χ1n) is 9.04. The molecule has 1 atom stereocenters. The van der Waals surface area contributed by atoms with Crippen LogP contribution in [0.2, 0.25) is 0 Å². The summed E-state index contributed by atoms with van der Waals surface area (Å²) in [6.07, 6.45) is 0. The van der Waals surface area contributed by atoms with Gasteiger partial charge in [-0.1, -0.05) is 54.2 Å². The molecular weight excluding hydrogens is 384 g/mol. The van der Waals surface area contributed by atoms with Crippen LogP contribution < -0.4 is 10.9 Å². The minimum Gasteiger partial charge on any atom is -0.325 e. The highest BCUT2D eigenvalue weighted by atomic mass is 32.2. The molecule has 0 aliphatic rings. The van der Waals surface area contributed by atoms with E-state index in [4.69, 9.17) is 0 Å². The molecule has 0 radical (unpaired) electrons. The van der Waals surface area contributed by atoms with Gasteiger partial charge in [0.1, 0.15) is 11.6 Å². The van der Waals surface area contributed by atoms with Crippen LogP contribution in [-0.4, -0.2) is 21.1 Å². The fourth-order valence-corrected chi connectivity index (χ4v) is 3.56. The number of rotatable bonds is 5. The number of hydrogen-bond acceptors (Lipinski definition) is 5. The summed E-state index contributed by atoms with van der Waals surface area (Å²) in [5, 5.41) is 12.1. The van der Waals surface area contributed by atoms with Crippen molar-refractivity contribution in [1.29, 1.82) is 5.26 Å². The monoisotopic (exact) mass is 404 g/mol.